The number of nitriles is 1. The van der Waals surface area contributed by atoms with Crippen LogP contribution >= 0.6 is 0 Å². The predicted octanol–water partition coefficient (Wildman–Crippen LogP) is 1.64. The molecule has 1 aliphatic rings. The van der Waals surface area contributed by atoms with E-state index in [4.69, 9.17) is 5.26 Å². The number of amides is 1. The highest BCUT2D eigenvalue weighted by Crippen LogP contribution is 2.28. The average molecular weight is 257 g/mol. The first-order chi connectivity index (χ1) is 9.22. The van der Waals surface area contributed by atoms with Crippen molar-refractivity contribution in [2.45, 2.75) is 25.7 Å². The van der Waals surface area contributed by atoms with Gasteiger partial charge in [-0.2, -0.15) is 5.26 Å². The van der Waals surface area contributed by atoms with Crippen LogP contribution < -0.4 is 10.2 Å². The fourth-order valence-corrected chi connectivity index (χ4v) is 2.33. The van der Waals surface area contributed by atoms with E-state index in [2.05, 4.69) is 23.5 Å². The van der Waals surface area contributed by atoms with Crippen LogP contribution in [0.5, 0.6) is 0 Å². The van der Waals surface area contributed by atoms with Crippen molar-refractivity contribution in [1.82, 2.24) is 5.32 Å². The number of anilines is 1. The zero-order chi connectivity index (χ0) is 13.7. The van der Waals surface area contributed by atoms with Crippen LogP contribution in [0.15, 0.2) is 18.2 Å². The lowest BCUT2D eigenvalue weighted by molar-refractivity contribution is -0.117. The highest BCUT2D eigenvalue weighted by atomic mass is 16.2. The Morgan fingerprint density at radius 2 is 2.26 bits per heavy atom. The van der Waals surface area contributed by atoms with Gasteiger partial charge in [0, 0.05) is 19.2 Å². The van der Waals surface area contributed by atoms with Crippen LogP contribution in [0.3, 0.4) is 0 Å². The van der Waals surface area contributed by atoms with Crippen LogP contribution in [0, 0.1) is 11.3 Å². The zero-order valence-corrected chi connectivity index (χ0v) is 11.3. The molecule has 0 saturated carbocycles. The lowest BCUT2D eigenvalue weighted by Gasteiger charge is -2.10. The minimum Gasteiger partial charge on any atom is -0.316 e. The van der Waals surface area contributed by atoms with E-state index < -0.39 is 0 Å². The quantitative estimate of drug-likeness (QED) is 0.788. The molecule has 100 valence electrons. The largest absolute Gasteiger partial charge is 0.316 e. The van der Waals surface area contributed by atoms with E-state index in [1.54, 1.807) is 4.90 Å². The summed E-state index contributed by atoms with van der Waals surface area (Å²) in [6, 6.07) is 8.39. The second-order valence-electron chi connectivity index (χ2n) is 4.85. The molecule has 0 aliphatic carbocycles. The Bertz CT molecular complexity index is 505. The number of carbonyl (C=O) groups excluding carboxylic acids is 1. The third-order valence-corrected chi connectivity index (χ3v) is 3.45. The lowest BCUT2D eigenvalue weighted by atomic mass is 10.1. The van der Waals surface area contributed by atoms with Crippen LogP contribution in [0.4, 0.5) is 5.69 Å². The smallest absolute Gasteiger partial charge is 0.231 e. The summed E-state index contributed by atoms with van der Waals surface area (Å²) in [4.78, 5) is 13.3. The summed E-state index contributed by atoms with van der Waals surface area (Å²) in [6.45, 7) is 1.80. The van der Waals surface area contributed by atoms with Gasteiger partial charge in [0.15, 0.2) is 0 Å². The highest BCUT2D eigenvalue weighted by Gasteiger charge is 2.23. The molecule has 1 amide bonds. The molecule has 0 bridgehead atoms. The molecule has 0 aromatic heterocycles. The zero-order valence-electron chi connectivity index (χ0n) is 11.3. The van der Waals surface area contributed by atoms with E-state index in [9.17, 15) is 4.79 Å². The molecule has 2 rings (SSSR count). The SMILES string of the molecule is CN1C(=O)Cc2cc(CCNCCCC#N)ccc21. The number of benzene rings is 1. The summed E-state index contributed by atoms with van der Waals surface area (Å²) in [6.07, 6.45) is 2.99. The lowest BCUT2D eigenvalue weighted by Crippen LogP contribution is -2.20. The maximum absolute atomic E-state index is 11.6. The Morgan fingerprint density at radius 3 is 3.05 bits per heavy atom. The minimum absolute atomic E-state index is 0.168. The third kappa shape index (κ3) is 3.33. The minimum atomic E-state index is 0.168. The number of rotatable bonds is 6. The average Bonchev–Trinajstić information content (AvgIpc) is 2.69. The van der Waals surface area contributed by atoms with Gasteiger partial charge in [-0.1, -0.05) is 12.1 Å². The van der Waals surface area contributed by atoms with Crippen LogP contribution in [0.25, 0.3) is 0 Å². The van der Waals surface area contributed by atoms with Gasteiger partial charge in [0.2, 0.25) is 5.91 Å². The van der Waals surface area contributed by atoms with E-state index in [-0.39, 0.29) is 5.91 Å². The molecule has 0 spiro atoms. The summed E-state index contributed by atoms with van der Waals surface area (Å²) >= 11 is 0. The van der Waals surface area contributed by atoms with E-state index in [0.29, 0.717) is 12.8 Å². The van der Waals surface area contributed by atoms with Crippen LogP contribution in [-0.4, -0.2) is 26.0 Å². The van der Waals surface area contributed by atoms with Crippen molar-refractivity contribution < 1.29 is 4.79 Å². The maximum atomic E-state index is 11.6. The third-order valence-electron chi connectivity index (χ3n) is 3.45. The summed E-state index contributed by atoms with van der Waals surface area (Å²) in [5.74, 6) is 0.168. The maximum Gasteiger partial charge on any atom is 0.231 e. The van der Waals surface area contributed by atoms with Gasteiger partial charge in [0.05, 0.1) is 12.5 Å². The van der Waals surface area contributed by atoms with E-state index in [1.807, 2.05) is 13.1 Å². The van der Waals surface area contributed by atoms with E-state index >= 15 is 0 Å². The van der Waals surface area contributed by atoms with Crippen molar-refractivity contribution in [3.63, 3.8) is 0 Å². The number of carbonyl (C=O) groups is 1. The van der Waals surface area contributed by atoms with Gasteiger partial charge in [0.25, 0.3) is 0 Å². The first-order valence-corrected chi connectivity index (χ1v) is 6.68. The number of unbranched alkanes of at least 4 members (excludes halogenated alkanes) is 1. The van der Waals surface area contributed by atoms with Crippen molar-refractivity contribution in [2.24, 2.45) is 0 Å². The first-order valence-electron chi connectivity index (χ1n) is 6.68. The monoisotopic (exact) mass is 257 g/mol. The molecule has 0 radical (unpaired) electrons. The molecule has 4 nitrogen and oxygen atoms in total. The summed E-state index contributed by atoms with van der Waals surface area (Å²) in [5.41, 5.74) is 3.43. The van der Waals surface area contributed by atoms with Gasteiger partial charge in [-0.15, -0.1) is 0 Å². The predicted molar refractivity (Wildman–Crippen MR) is 75.0 cm³/mol. The van der Waals surface area contributed by atoms with Gasteiger partial charge in [-0.25, -0.2) is 0 Å². The molecule has 1 aromatic rings. The van der Waals surface area contributed by atoms with Gasteiger partial charge in [0.1, 0.15) is 0 Å². The Balaban J connectivity index is 1.82. The van der Waals surface area contributed by atoms with E-state index in [1.165, 1.54) is 5.56 Å². The molecule has 0 atom stereocenters. The van der Waals surface area contributed by atoms with Crippen molar-refractivity contribution in [2.75, 3.05) is 25.0 Å². The van der Waals surface area contributed by atoms with Crippen molar-refractivity contribution >= 4 is 11.6 Å². The molecule has 19 heavy (non-hydrogen) atoms. The first kappa shape index (κ1) is 13.6. The fraction of sp³-hybridized carbons (Fsp3) is 0.467. The standard InChI is InChI=1S/C15H19N3O/c1-18-14-5-4-12(10-13(14)11-15(18)19)6-9-17-8-3-2-7-16/h4-5,10,17H,2-3,6,8-9,11H2,1H3. The van der Waals surface area contributed by atoms with Crippen molar-refractivity contribution in [3.8, 4) is 6.07 Å². The number of nitrogens with one attached hydrogen (secondary N) is 1. The Kier molecular flexibility index (Phi) is 4.53. The summed E-state index contributed by atoms with van der Waals surface area (Å²) < 4.78 is 0. The van der Waals surface area contributed by atoms with Crippen molar-refractivity contribution in [3.05, 3.63) is 29.3 Å². The number of nitrogens with zero attached hydrogens (tertiary/aromatic N) is 2. The number of likely N-dealkylation sites (N-methyl/N-ethyl adjacent to an activating group) is 1. The second kappa shape index (κ2) is 6.35. The molecule has 1 heterocycles. The molecule has 1 aromatic carbocycles. The van der Waals surface area contributed by atoms with Gasteiger partial charge in [-0.05, 0) is 43.1 Å². The molecule has 4 heteroatoms. The van der Waals surface area contributed by atoms with Gasteiger partial charge in [-0.3, -0.25) is 4.79 Å². The highest BCUT2D eigenvalue weighted by molar-refractivity contribution is 6.00. The number of hydrogen-bond acceptors (Lipinski definition) is 3. The molecular formula is C15H19N3O. The van der Waals surface area contributed by atoms with E-state index in [0.717, 1.165) is 37.2 Å². The fourth-order valence-electron chi connectivity index (χ4n) is 2.33. The molecule has 0 unspecified atom stereocenters. The van der Waals surface area contributed by atoms with Gasteiger partial charge >= 0.3 is 0 Å². The Labute approximate surface area is 114 Å². The Hall–Kier alpha value is -1.86. The summed E-state index contributed by atoms with van der Waals surface area (Å²) in [7, 11) is 1.82. The second-order valence-corrected chi connectivity index (χ2v) is 4.85. The normalized spacial score (nSPS) is 13.5. The molecule has 0 fully saturated rings. The molecular weight excluding hydrogens is 238 g/mol. The molecule has 1 aliphatic heterocycles. The van der Waals surface area contributed by atoms with Crippen LogP contribution in [0.2, 0.25) is 0 Å². The molecule has 1 N–H and O–H groups in total. The Morgan fingerprint density at radius 1 is 1.42 bits per heavy atom. The van der Waals surface area contributed by atoms with Crippen LogP contribution in [0.1, 0.15) is 24.0 Å². The molecule has 0 saturated heterocycles. The summed E-state index contributed by atoms with van der Waals surface area (Å²) in [5, 5.41) is 11.7. The number of fused-ring (bicyclic) bond motifs is 1. The van der Waals surface area contributed by atoms with Crippen molar-refractivity contribution in [1.29, 1.82) is 5.26 Å². The van der Waals surface area contributed by atoms with Gasteiger partial charge < -0.3 is 10.2 Å². The van der Waals surface area contributed by atoms with Crippen LogP contribution in [-0.2, 0) is 17.6 Å². The topological polar surface area (TPSA) is 56.1 Å². The number of hydrogen-bond donors (Lipinski definition) is 1.